The quantitative estimate of drug-likeness (QED) is 0.830. The van der Waals surface area contributed by atoms with Gasteiger partial charge in [0.25, 0.3) is 0 Å². The van der Waals surface area contributed by atoms with Crippen molar-refractivity contribution < 1.29 is 0 Å². The number of hydrogen-bond donors (Lipinski definition) is 1. The van der Waals surface area contributed by atoms with Crippen LogP contribution >= 0.6 is 15.9 Å². The van der Waals surface area contributed by atoms with Gasteiger partial charge in [-0.3, -0.25) is 0 Å². The van der Waals surface area contributed by atoms with Crippen molar-refractivity contribution in [1.82, 2.24) is 10.2 Å². The van der Waals surface area contributed by atoms with Gasteiger partial charge in [-0.15, -0.1) is 0 Å². The molecule has 106 valence electrons. The number of aryl methyl sites for hydroxylation is 1. The second-order valence-electron chi connectivity index (χ2n) is 5.53. The summed E-state index contributed by atoms with van der Waals surface area (Å²) in [6, 6.07) is 6.57. The van der Waals surface area contributed by atoms with Gasteiger partial charge in [0, 0.05) is 24.1 Å². The molecule has 1 N–H and O–H groups in total. The molecule has 0 radical (unpaired) electrons. The standard InChI is InChI=1S/C16H25BrN2/c1-14-6-7-15(16(17)12-14)13-18-8-11-19-9-4-2-3-5-10-19/h6-7,12,18H,2-5,8-11,13H2,1H3. The normalized spacial score (nSPS) is 17.4. The van der Waals surface area contributed by atoms with E-state index >= 15 is 0 Å². The van der Waals surface area contributed by atoms with Gasteiger partial charge in [0.15, 0.2) is 0 Å². The van der Waals surface area contributed by atoms with Crippen molar-refractivity contribution in [1.29, 1.82) is 0 Å². The predicted molar refractivity (Wildman–Crippen MR) is 85.5 cm³/mol. The van der Waals surface area contributed by atoms with E-state index in [-0.39, 0.29) is 0 Å². The maximum Gasteiger partial charge on any atom is 0.0222 e. The molecule has 1 aromatic rings. The fourth-order valence-electron chi connectivity index (χ4n) is 2.62. The molecule has 0 saturated carbocycles. The fourth-order valence-corrected chi connectivity index (χ4v) is 3.25. The van der Waals surface area contributed by atoms with E-state index in [4.69, 9.17) is 0 Å². The van der Waals surface area contributed by atoms with Crippen molar-refractivity contribution in [2.75, 3.05) is 26.2 Å². The van der Waals surface area contributed by atoms with E-state index in [0.29, 0.717) is 0 Å². The summed E-state index contributed by atoms with van der Waals surface area (Å²) in [5.74, 6) is 0. The Morgan fingerprint density at radius 1 is 1.16 bits per heavy atom. The Balaban J connectivity index is 1.68. The first-order valence-corrected chi connectivity index (χ1v) is 8.23. The zero-order valence-corrected chi connectivity index (χ0v) is 13.5. The number of nitrogens with one attached hydrogen (secondary N) is 1. The second-order valence-corrected chi connectivity index (χ2v) is 6.38. The van der Waals surface area contributed by atoms with Gasteiger partial charge in [-0.2, -0.15) is 0 Å². The summed E-state index contributed by atoms with van der Waals surface area (Å²) in [4.78, 5) is 2.60. The van der Waals surface area contributed by atoms with E-state index in [1.807, 2.05) is 0 Å². The highest BCUT2D eigenvalue weighted by atomic mass is 79.9. The van der Waals surface area contributed by atoms with Gasteiger partial charge in [0.05, 0.1) is 0 Å². The van der Waals surface area contributed by atoms with E-state index < -0.39 is 0 Å². The van der Waals surface area contributed by atoms with Gasteiger partial charge in [0.2, 0.25) is 0 Å². The topological polar surface area (TPSA) is 15.3 Å². The third-order valence-electron chi connectivity index (χ3n) is 3.83. The van der Waals surface area contributed by atoms with Gasteiger partial charge in [0.1, 0.15) is 0 Å². The molecular formula is C16H25BrN2. The molecule has 0 atom stereocenters. The number of hydrogen-bond acceptors (Lipinski definition) is 2. The Labute approximate surface area is 125 Å². The van der Waals surface area contributed by atoms with Gasteiger partial charge < -0.3 is 10.2 Å². The second kappa shape index (κ2) is 8.03. The number of likely N-dealkylation sites (tertiary alicyclic amines) is 1. The summed E-state index contributed by atoms with van der Waals surface area (Å²) in [7, 11) is 0. The van der Waals surface area contributed by atoms with Crippen LogP contribution in [-0.2, 0) is 6.54 Å². The van der Waals surface area contributed by atoms with Crippen LogP contribution in [0.4, 0.5) is 0 Å². The lowest BCUT2D eigenvalue weighted by molar-refractivity contribution is 0.284. The lowest BCUT2D eigenvalue weighted by Crippen LogP contribution is -2.32. The molecule has 1 saturated heterocycles. The Morgan fingerprint density at radius 3 is 2.58 bits per heavy atom. The maximum absolute atomic E-state index is 3.64. The Morgan fingerprint density at radius 2 is 1.89 bits per heavy atom. The smallest absolute Gasteiger partial charge is 0.0222 e. The van der Waals surface area contributed by atoms with Crippen LogP contribution in [-0.4, -0.2) is 31.1 Å². The van der Waals surface area contributed by atoms with Gasteiger partial charge >= 0.3 is 0 Å². The minimum Gasteiger partial charge on any atom is -0.311 e. The first-order valence-electron chi connectivity index (χ1n) is 7.44. The first kappa shape index (κ1) is 15.0. The molecule has 2 nitrogen and oxygen atoms in total. The van der Waals surface area contributed by atoms with Gasteiger partial charge in [-0.1, -0.05) is 40.9 Å². The average molecular weight is 325 g/mol. The van der Waals surface area contributed by atoms with Crippen LogP contribution in [0.1, 0.15) is 36.8 Å². The maximum atomic E-state index is 3.64. The van der Waals surface area contributed by atoms with Crippen LogP contribution in [0.25, 0.3) is 0 Å². The van der Waals surface area contributed by atoms with Crippen LogP contribution in [0.15, 0.2) is 22.7 Å². The van der Waals surface area contributed by atoms with E-state index in [2.05, 4.69) is 51.3 Å². The zero-order valence-electron chi connectivity index (χ0n) is 11.9. The lowest BCUT2D eigenvalue weighted by Gasteiger charge is -2.19. The molecular weight excluding hydrogens is 300 g/mol. The molecule has 1 aromatic carbocycles. The number of rotatable bonds is 5. The summed E-state index contributed by atoms with van der Waals surface area (Å²) in [5, 5.41) is 3.56. The van der Waals surface area contributed by atoms with Crippen LogP contribution in [0.3, 0.4) is 0 Å². The van der Waals surface area contributed by atoms with Crippen LogP contribution in [0.2, 0.25) is 0 Å². The van der Waals surface area contributed by atoms with Crippen molar-refractivity contribution in [2.24, 2.45) is 0 Å². The summed E-state index contributed by atoms with van der Waals surface area (Å²) in [6.07, 6.45) is 5.59. The Bertz CT molecular complexity index is 384. The lowest BCUT2D eigenvalue weighted by atomic mass is 10.1. The zero-order chi connectivity index (χ0) is 13.5. The molecule has 1 fully saturated rings. The number of benzene rings is 1. The number of nitrogens with zero attached hydrogens (tertiary/aromatic N) is 1. The summed E-state index contributed by atoms with van der Waals surface area (Å²) < 4.78 is 1.22. The minimum atomic E-state index is 0.953. The Kier molecular flexibility index (Phi) is 6.35. The van der Waals surface area contributed by atoms with E-state index in [1.165, 1.54) is 60.9 Å². The van der Waals surface area contributed by atoms with Gasteiger partial charge in [-0.25, -0.2) is 0 Å². The third-order valence-corrected chi connectivity index (χ3v) is 4.57. The SMILES string of the molecule is Cc1ccc(CNCCN2CCCCCC2)c(Br)c1. The predicted octanol–water partition coefficient (Wildman–Crippen LogP) is 3.72. The van der Waals surface area contributed by atoms with Crippen molar-refractivity contribution in [3.05, 3.63) is 33.8 Å². The highest BCUT2D eigenvalue weighted by Gasteiger charge is 2.08. The van der Waals surface area contributed by atoms with E-state index in [1.54, 1.807) is 0 Å². The van der Waals surface area contributed by atoms with E-state index in [0.717, 1.165) is 13.1 Å². The van der Waals surface area contributed by atoms with Crippen LogP contribution in [0.5, 0.6) is 0 Å². The summed E-state index contributed by atoms with van der Waals surface area (Å²) >= 11 is 3.64. The van der Waals surface area contributed by atoms with E-state index in [9.17, 15) is 0 Å². The summed E-state index contributed by atoms with van der Waals surface area (Å²) in [6.45, 7) is 7.92. The molecule has 0 amide bonds. The highest BCUT2D eigenvalue weighted by molar-refractivity contribution is 9.10. The first-order chi connectivity index (χ1) is 9.25. The summed E-state index contributed by atoms with van der Waals surface area (Å²) in [5.41, 5.74) is 2.65. The van der Waals surface area contributed by atoms with Crippen LogP contribution in [0, 0.1) is 6.92 Å². The Hall–Kier alpha value is -0.380. The van der Waals surface area contributed by atoms with Crippen molar-refractivity contribution in [2.45, 2.75) is 39.2 Å². The average Bonchev–Trinajstić information content (AvgIpc) is 2.65. The molecule has 19 heavy (non-hydrogen) atoms. The minimum absolute atomic E-state index is 0.953. The van der Waals surface area contributed by atoms with Gasteiger partial charge in [-0.05, 0) is 50.0 Å². The fraction of sp³-hybridized carbons (Fsp3) is 0.625. The molecule has 0 aliphatic carbocycles. The molecule has 2 rings (SSSR count). The van der Waals surface area contributed by atoms with Crippen molar-refractivity contribution in [3.63, 3.8) is 0 Å². The highest BCUT2D eigenvalue weighted by Crippen LogP contribution is 2.18. The molecule has 0 bridgehead atoms. The largest absolute Gasteiger partial charge is 0.311 e. The third kappa shape index (κ3) is 5.25. The van der Waals surface area contributed by atoms with Crippen LogP contribution < -0.4 is 5.32 Å². The molecule has 1 aliphatic rings. The van der Waals surface area contributed by atoms with Crippen molar-refractivity contribution >= 4 is 15.9 Å². The molecule has 0 spiro atoms. The molecule has 0 unspecified atom stereocenters. The molecule has 0 aromatic heterocycles. The monoisotopic (exact) mass is 324 g/mol. The molecule has 1 heterocycles. The molecule has 1 aliphatic heterocycles. The molecule has 3 heteroatoms. The number of halogens is 1. The van der Waals surface area contributed by atoms with Crippen molar-refractivity contribution in [3.8, 4) is 0 Å².